The zero-order chi connectivity index (χ0) is 36.7. The highest BCUT2D eigenvalue weighted by Gasteiger charge is 2.44. The molecule has 1 heterocycles. The molecule has 0 aliphatic carbocycles. The molecule has 0 aromatic carbocycles. The number of aliphatic hydroxyl groups excluding tert-OH is 5. The molecule has 0 aromatic rings. The molecule has 0 saturated carbocycles. The minimum absolute atomic E-state index is 0.141. The quantitative estimate of drug-likeness (QED) is 0.0302. The van der Waals surface area contributed by atoms with Crippen molar-refractivity contribution < 1.29 is 39.8 Å². The van der Waals surface area contributed by atoms with Gasteiger partial charge >= 0.3 is 0 Å². The minimum Gasteiger partial charge on any atom is -0.394 e. The maximum atomic E-state index is 12.9. The van der Waals surface area contributed by atoms with Crippen molar-refractivity contribution in [2.75, 3.05) is 13.2 Å². The van der Waals surface area contributed by atoms with Crippen LogP contribution in [0.15, 0.2) is 24.3 Å². The van der Waals surface area contributed by atoms with Crippen LogP contribution in [-0.2, 0) is 14.3 Å². The van der Waals surface area contributed by atoms with Crippen LogP contribution in [0.2, 0.25) is 0 Å². The molecule has 6 N–H and O–H groups in total. The van der Waals surface area contributed by atoms with E-state index in [2.05, 4.69) is 43.5 Å². The van der Waals surface area contributed by atoms with Gasteiger partial charge in [-0.3, -0.25) is 4.79 Å². The Morgan fingerprint density at radius 1 is 0.680 bits per heavy atom. The molecule has 294 valence electrons. The number of hydrogen-bond donors (Lipinski definition) is 6. The average molecular weight is 712 g/mol. The van der Waals surface area contributed by atoms with E-state index in [-0.39, 0.29) is 12.5 Å². The summed E-state index contributed by atoms with van der Waals surface area (Å²) in [7, 11) is 0. The highest BCUT2D eigenvalue weighted by Crippen LogP contribution is 2.23. The summed E-state index contributed by atoms with van der Waals surface area (Å²) in [6, 6.07) is -0.718. The molecular weight excluding hydrogens is 634 g/mol. The number of carbonyl (C=O) groups excluding carboxylic acids is 1. The van der Waals surface area contributed by atoms with Gasteiger partial charge < -0.3 is 40.3 Å². The van der Waals surface area contributed by atoms with E-state index < -0.39 is 49.5 Å². The van der Waals surface area contributed by atoms with Crippen molar-refractivity contribution in [2.45, 2.75) is 217 Å². The zero-order valence-corrected chi connectivity index (χ0v) is 31.9. The Balaban J connectivity index is 2.35. The van der Waals surface area contributed by atoms with E-state index in [9.17, 15) is 30.3 Å². The number of allylic oxidation sites excluding steroid dienone is 4. The van der Waals surface area contributed by atoms with E-state index in [1.165, 1.54) is 96.3 Å². The molecule has 1 amide bonds. The molecule has 0 spiro atoms. The van der Waals surface area contributed by atoms with Gasteiger partial charge in [-0.25, -0.2) is 0 Å². The second-order valence-corrected chi connectivity index (χ2v) is 14.4. The Morgan fingerprint density at radius 2 is 1.18 bits per heavy atom. The summed E-state index contributed by atoms with van der Waals surface area (Å²) < 4.78 is 11.2. The molecule has 0 aromatic heterocycles. The van der Waals surface area contributed by atoms with Crippen LogP contribution in [0, 0.1) is 0 Å². The van der Waals surface area contributed by atoms with Crippen molar-refractivity contribution in [1.29, 1.82) is 0 Å². The molecule has 1 saturated heterocycles. The summed E-state index contributed by atoms with van der Waals surface area (Å²) in [5.74, 6) is -0.156. The van der Waals surface area contributed by atoms with Crippen molar-refractivity contribution in [3.05, 3.63) is 24.3 Å². The molecule has 1 rings (SSSR count). The molecule has 1 aliphatic rings. The first-order valence-corrected chi connectivity index (χ1v) is 20.5. The number of amides is 1. The van der Waals surface area contributed by atoms with Crippen molar-refractivity contribution in [3.8, 4) is 0 Å². The van der Waals surface area contributed by atoms with Crippen molar-refractivity contribution in [2.24, 2.45) is 0 Å². The van der Waals surface area contributed by atoms with Gasteiger partial charge in [-0.1, -0.05) is 147 Å². The van der Waals surface area contributed by atoms with Gasteiger partial charge in [0.2, 0.25) is 5.91 Å². The smallest absolute Gasteiger partial charge is 0.220 e. The molecule has 50 heavy (non-hydrogen) atoms. The van der Waals surface area contributed by atoms with Crippen LogP contribution in [0.1, 0.15) is 174 Å². The molecule has 7 unspecified atom stereocenters. The van der Waals surface area contributed by atoms with Crippen LogP contribution in [0.25, 0.3) is 0 Å². The Bertz CT molecular complexity index is 837. The van der Waals surface area contributed by atoms with Gasteiger partial charge in [-0.2, -0.15) is 0 Å². The van der Waals surface area contributed by atoms with Gasteiger partial charge in [0.05, 0.1) is 25.4 Å². The van der Waals surface area contributed by atoms with E-state index in [0.29, 0.717) is 12.8 Å². The average Bonchev–Trinajstić information content (AvgIpc) is 3.11. The highest BCUT2D eigenvalue weighted by atomic mass is 16.7. The first-order chi connectivity index (χ1) is 24.3. The Kier molecular flexibility index (Phi) is 30.2. The number of rotatable bonds is 33. The second kappa shape index (κ2) is 32.3. The van der Waals surface area contributed by atoms with Gasteiger partial charge in [0.15, 0.2) is 6.29 Å². The largest absolute Gasteiger partial charge is 0.394 e. The summed E-state index contributed by atoms with van der Waals surface area (Å²) in [6.45, 7) is 3.77. The predicted octanol–water partition coefficient (Wildman–Crippen LogP) is 7.55. The number of unbranched alkanes of at least 4 members (excludes halogenated alkanes) is 19. The van der Waals surface area contributed by atoms with Crippen LogP contribution in [-0.4, -0.2) is 87.5 Å². The number of nitrogens with one attached hydrogen (secondary N) is 1. The molecule has 0 bridgehead atoms. The molecule has 1 fully saturated rings. The third kappa shape index (κ3) is 23.3. The summed E-state index contributed by atoms with van der Waals surface area (Å²) in [4.78, 5) is 12.9. The van der Waals surface area contributed by atoms with Gasteiger partial charge in [-0.15, -0.1) is 0 Å². The Hall–Kier alpha value is -1.33. The van der Waals surface area contributed by atoms with E-state index in [0.717, 1.165) is 51.4 Å². The third-order valence-electron chi connectivity index (χ3n) is 9.81. The SMILES string of the molecule is CCCCCC/C=C\C/C=C\CCCCCCCCCC(=O)NC(COC1OC(CO)C(O)C(O)C1O)C(O)CCCCCCCCCCC. The van der Waals surface area contributed by atoms with Crippen LogP contribution in [0.4, 0.5) is 0 Å². The van der Waals surface area contributed by atoms with Crippen molar-refractivity contribution >= 4 is 5.91 Å². The van der Waals surface area contributed by atoms with E-state index in [1.54, 1.807) is 0 Å². The number of ether oxygens (including phenoxy) is 2. The lowest BCUT2D eigenvalue weighted by atomic mass is 9.99. The fourth-order valence-corrected chi connectivity index (χ4v) is 6.42. The van der Waals surface area contributed by atoms with E-state index >= 15 is 0 Å². The monoisotopic (exact) mass is 712 g/mol. The molecule has 1 aliphatic heterocycles. The number of aliphatic hydroxyl groups is 5. The van der Waals surface area contributed by atoms with Gasteiger partial charge in [0.25, 0.3) is 0 Å². The first kappa shape index (κ1) is 46.7. The van der Waals surface area contributed by atoms with Crippen molar-refractivity contribution in [1.82, 2.24) is 5.32 Å². The highest BCUT2D eigenvalue weighted by molar-refractivity contribution is 5.76. The summed E-state index contributed by atoms with van der Waals surface area (Å²) >= 11 is 0. The Morgan fingerprint density at radius 3 is 1.74 bits per heavy atom. The summed E-state index contributed by atoms with van der Waals surface area (Å²) in [5.41, 5.74) is 0. The van der Waals surface area contributed by atoms with Gasteiger partial charge in [0, 0.05) is 6.42 Å². The second-order valence-electron chi connectivity index (χ2n) is 14.4. The predicted molar refractivity (Wildman–Crippen MR) is 203 cm³/mol. The lowest BCUT2D eigenvalue weighted by Crippen LogP contribution is -2.60. The summed E-state index contributed by atoms with van der Waals surface area (Å²) in [6.07, 6.45) is 29.0. The number of hydrogen-bond acceptors (Lipinski definition) is 8. The fraction of sp³-hybridized carbons (Fsp3) is 0.878. The van der Waals surface area contributed by atoms with Crippen LogP contribution >= 0.6 is 0 Å². The minimum atomic E-state index is -1.55. The Labute approximate surface area is 305 Å². The zero-order valence-electron chi connectivity index (χ0n) is 31.9. The lowest BCUT2D eigenvalue weighted by Gasteiger charge is -2.40. The fourth-order valence-electron chi connectivity index (χ4n) is 6.42. The lowest BCUT2D eigenvalue weighted by molar-refractivity contribution is -0.302. The molecule has 0 radical (unpaired) electrons. The van der Waals surface area contributed by atoms with E-state index in [4.69, 9.17) is 9.47 Å². The van der Waals surface area contributed by atoms with E-state index in [1.807, 2.05) is 0 Å². The number of carbonyl (C=O) groups is 1. The standard InChI is InChI=1S/C41H77NO8/c1-3-5-7-9-11-13-14-15-16-17-18-19-20-21-23-25-27-29-31-37(45)42-34(35(44)30-28-26-24-22-12-10-8-6-4-2)33-49-41-40(48)39(47)38(46)36(32-43)50-41/h13-14,16-17,34-36,38-41,43-44,46-48H,3-12,15,18-33H2,1-2H3,(H,42,45)/b14-13-,17-16-. The normalized spacial score (nSPS) is 22.4. The van der Waals surface area contributed by atoms with Gasteiger partial charge in [0.1, 0.15) is 24.4 Å². The van der Waals surface area contributed by atoms with Crippen LogP contribution in [0.5, 0.6) is 0 Å². The molecular formula is C41H77NO8. The van der Waals surface area contributed by atoms with Crippen molar-refractivity contribution in [3.63, 3.8) is 0 Å². The van der Waals surface area contributed by atoms with Gasteiger partial charge in [-0.05, 0) is 44.9 Å². The molecule has 9 nitrogen and oxygen atoms in total. The third-order valence-corrected chi connectivity index (χ3v) is 9.81. The van der Waals surface area contributed by atoms with Crippen LogP contribution in [0.3, 0.4) is 0 Å². The molecule has 7 atom stereocenters. The topological polar surface area (TPSA) is 149 Å². The van der Waals surface area contributed by atoms with Crippen LogP contribution < -0.4 is 5.32 Å². The molecule has 9 heteroatoms. The maximum Gasteiger partial charge on any atom is 0.220 e. The maximum absolute atomic E-state index is 12.9. The first-order valence-electron chi connectivity index (χ1n) is 20.5. The summed E-state index contributed by atoms with van der Waals surface area (Å²) in [5, 5.41) is 54.0.